The molecule has 0 fully saturated rings. The number of rotatable bonds is 6. The predicted octanol–water partition coefficient (Wildman–Crippen LogP) is 1.83. The molecule has 0 saturated heterocycles. The van der Waals surface area contributed by atoms with Crippen LogP contribution in [-0.2, 0) is 9.53 Å². The van der Waals surface area contributed by atoms with Crippen LogP contribution in [0.25, 0.3) is 0 Å². The molecule has 0 heterocycles. The molecule has 1 rings (SSSR count). The van der Waals surface area contributed by atoms with E-state index in [0.717, 1.165) is 6.42 Å². The van der Waals surface area contributed by atoms with E-state index < -0.39 is 11.7 Å². The first-order chi connectivity index (χ1) is 8.54. The molecular formula is C12H15FN2O2S. The number of nitrogens with one attached hydrogen (secondary N) is 1. The minimum absolute atomic E-state index is 0.0834. The number of halogens is 1. The van der Waals surface area contributed by atoms with Crippen LogP contribution in [0.5, 0.6) is 0 Å². The molecule has 4 nitrogen and oxygen atoms in total. The van der Waals surface area contributed by atoms with Gasteiger partial charge in [0.2, 0.25) is 5.91 Å². The number of hydrogen-bond donors (Lipinski definition) is 2. The molecule has 0 aliphatic rings. The fourth-order valence-electron chi connectivity index (χ4n) is 1.27. The van der Waals surface area contributed by atoms with E-state index in [-0.39, 0.29) is 17.3 Å². The van der Waals surface area contributed by atoms with Crippen molar-refractivity contribution in [3.05, 3.63) is 29.6 Å². The minimum Gasteiger partial charge on any atom is -0.389 e. The summed E-state index contributed by atoms with van der Waals surface area (Å²) in [5.74, 6) is -0.977. The van der Waals surface area contributed by atoms with Crippen LogP contribution in [0, 0.1) is 5.82 Å². The molecule has 0 bridgehead atoms. The van der Waals surface area contributed by atoms with Gasteiger partial charge in [0.15, 0.2) is 0 Å². The Balaban J connectivity index is 2.62. The Kier molecular flexibility index (Phi) is 5.67. The maximum Gasteiger partial charge on any atom is 0.250 e. The third-order valence-corrected chi connectivity index (χ3v) is 2.35. The van der Waals surface area contributed by atoms with Gasteiger partial charge in [-0.2, -0.15) is 0 Å². The highest BCUT2D eigenvalue weighted by molar-refractivity contribution is 7.80. The summed E-state index contributed by atoms with van der Waals surface area (Å²) in [6, 6.07) is 4.15. The van der Waals surface area contributed by atoms with Gasteiger partial charge in [-0.3, -0.25) is 4.79 Å². The maximum absolute atomic E-state index is 13.6. The van der Waals surface area contributed by atoms with Gasteiger partial charge >= 0.3 is 0 Å². The number of hydrogen-bond acceptors (Lipinski definition) is 3. The maximum atomic E-state index is 13.6. The van der Waals surface area contributed by atoms with E-state index in [1.165, 1.54) is 12.1 Å². The zero-order valence-corrected chi connectivity index (χ0v) is 10.8. The van der Waals surface area contributed by atoms with Gasteiger partial charge in [-0.05, 0) is 24.6 Å². The van der Waals surface area contributed by atoms with Gasteiger partial charge < -0.3 is 15.8 Å². The Morgan fingerprint density at radius 3 is 2.83 bits per heavy atom. The normalized spacial score (nSPS) is 10.1. The SMILES string of the molecule is CCCOCC(=O)Nc1ccc(C(N)=S)cc1F. The van der Waals surface area contributed by atoms with Gasteiger partial charge in [0.1, 0.15) is 17.4 Å². The molecule has 0 atom stereocenters. The van der Waals surface area contributed by atoms with Crippen molar-refractivity contribution in [2.75, 3.05) is 18.5 Å². The molecule has 6 heteroatoms. The molecule has 1 aromatic rings. The third kappa shape index (κ3) is 4.38. The average molecular weight is 270 g/mol. The van der Waals surface area contributed by atoms with Gasteiger partial charge in [-0.1, -0.05) is 19.1 Å². The molecule has 18 heavy (non-hydrogen) atoms. The summed E-state index contributed by atoms with van der Waals surface area (Å²) < 4.78 is 18.6. The number of anilines is 1. The number of benzene rings is 1. The topological polar surface area (TPSA) is 64.3 Å². The van der Waals surface area contributed by atoms with Crippen molar-refractivity contribution < 1.29 is 13.9 Å². The lowest BCUT2D eigenvalue weighted by Crippen LogP contribution is -2.19. The van der Waals surface area contributed by atoms with E-state index in [0.29, 0.717) is 12.2 Å². The highest BCUT2D eigenvalue weighted by Crippen LogP contribution is 2.15. The van der Waals surface area contributed by atoms with Crippen molar-refractivity contribution in [3.8, 4) is 0 Å². The van der Waals surface area contributed by atoms with Crippen molar-refractivity contribution in [1.29, 1.82) is 0 Å². The smallest absolute Gasteiger partial charge is 0.250 e. The van der Waals surface area contributed by atoms with E-state index in [9.17, 15) is 9.18 Å². The fourth-order valence-corrected chi connectivity index (χ4v) is 1.39. The van der Waals surface area contributed by atoms with Crippen LogP contribution in [0.3, 0.4) is 0 Å². The van der Waals surface area contributed by atoms with Gasteiger partial charge in [-0.25, -0.2) is 4.39 Å². The van der Waals surface area contributed by atoms with Crippen LogP contribution in [0.4, 0.5) is 10.1 Å². The summed E-state index contributed by atoms with van der Waals surface area (Å²) in [7, 11) is 0. The fraction of sp³-hybridized carbons (Fsp3) is 0.333. The average Bonchev–Trinajstić information content (AvgIpc) is 2.32. The van der Waals surface area contributed by atoms with E-state index in [1.807, 2.05) is 6.92 Å². The van der Waals surface area contributed by atoms with E-state index in [2.05, 4.69) is 5.32 Å². The Bertz CT molecular complexity index is 452. The van der Waals surface area contributed by atoms with Crippen molar-refractivity contribution >= 4 is 28.8 Å². The monoisotopic (exact) mass is 270 g/mol. The van der Waals surface area contributed by atoms with Crippen LogP contribution >= 0.6 is 12.2 Å². The lowest BCUT2D eigenvalue weighted by atomic mass is 10.2. The lowest BCUT2D eigenvalue weighted by Gasteiger charge is -2.08. The van der Waals surface area contributed by atoms with Crippen molar-refractivity contribution in [2.24, 2.45) is 5.73 Å². The van der Waals surface area contributed by atoms with Crippen LogP contribution in [0.2, 0.25) is 0 Å². The number of carbonyl (C=O) groups excluding carboxylic acids is 1. The standard InChI is InChI=1S/C12H15FN2O2S/c1-2-5-17-7-11(16)15-10-4-3-8(12(14)18)6-9(10)13/h3-4,6H,2,5,7H2,1H3,(H2,14,18)(H,15,16). The Morgan fingerprint density at radius 2 is 2.28 bits per heavy atom. The molecule has 0 aliphatic carbocycles. The van der Waals surface area contributed by atoms with Crippen LogP contribution in [0.1, 0.15) is 18.9 Å². The summed E-state index contributed by atoms with van der Waals surface area (Å²) in [5.41, 5.74) is 5.88. The summed E-state index contributed by atoms with van der Waals surface area (Å²) >= 11 is 4.73. The minimum atomic E-state index is -0.579. The highest BCUT2D eigenvalue weighted by Gasteiger charge is 2.08. The second kappa shape index (κ2) is 7.03. The molecule has 0 aromatic heterocycles. The van der Waals surface area contributed by atoms with E-state index >= 15 is 0 Å². The van der Waals surface area contributed by atoms with E-state index in [4.69, 9.17) is 22.7 Å². The molecule has 0 radical (unpaired) electrons. The molecule has 0 saturated carbocycles. The number of nitrogens with two attached hydrogens (primary N) is 1. The number of thiocarbonyl (C=S) groups is 1. The highest BCUT2D eigenvalue weighted by atomic mass is 32.1. The molecule has 0 aliphatic heterocycles. The van der Waals surface area contributed by atoms with Crippen molar-refractivity contribution in [1.82, 2.24) is 0 Å². The predicted molar refractivity (Wildman–Crippen MR) is 72.0 cm³/mol. The summed E-state index contributed by atoms with van der Waals surface area (Å²) in [4.78, 5) is 11.5. The van der Waals surface area contributed by atoms with E-state index in [1.54, 1.807) is 6.07 Å². The molecule has 0 unspecified atom stereocenters. The zero-order valence-electron chi connectivity index (χ0n) is 10.0. The quantitative estimate of drug-likeness (QED) is 0.611. The number of carbonyl (C=O) groups is 1. The zero-order chi connectivity index (χ0) is 13.5. The van der Waals surface area contributed by atoms with Crippen molar-refractivity contribution in [2.45, 2.75) is 13.3 Å². The Morgan fingerprint density at radius 1 is 1.56 bits per heavy atom. The summed E-state index contributed by atoms with van der Waals surface area (Å²) in [6.07, 6.45) is 0.824. The van der Waals surface area contributed by atoms with Crippen LogP contribution in [-0.4, -0.2) is 24.1 Å². The van der Waals surface area contributed by atoms with Gasteiger partial charge in [-0.15, -0.1) is 0 Å². The second-order valence-electron chi connectivity index (χ2n) is 3.66. The molecular weight excluding hydrogens is 255 g/mol. The van der Waals surface area contributed by atoms with Crippen molar-refractivity contribution in [3.63, 3.8) is 0 Å². The second-order valence-corrected chi connectivity index (χ2v) is 4.10. The van der Waals surface area contributed by atoms with Gasteiger partial charge in [0.25, 0.3) is 0 Å². The van der Waals surface area contributed by atoms with Gasteiger partial charge in [0, 0.05) is 12.2 Å². The third-order valence-electron chi connectivity index (χ3n) is 2.11. The first-order valence-electron chi connectivity index (χ1n) is 5.51. The first kappa shape index (κ1) is 14.5. The van der Waals surface area contributed by atoms with Crippen LogP contribution in [0.15, 0.2) is 18.2 Å². The molecule has 0 spiro atoms. The summed E-state index contributed by atoms with van der Waals surface area (Å²) in [5, 5.41) is 2.41. The Hall–Kier alpha value is -1.53. The van der Waals surface area contributed by atoms with Gasteiger partial charge in [0.05, 0.1) is 5.69 Å². The number of ether oxygens (including phenoxy) is 1. The molecule has 1 aromatic carbocycles. The largest absolute Gasteiger partial charge is 0.389 e. The number of amides is 1. The summed E-state index contributed by atoms with van der Waals surface area (Å²) in [6.45, 7) is 2.34. The molecule has 98 valence electrons. The van der Waals surface area contributed by atoms with Crippen LogP contribution < -0.4 is 11.1 Å². The lowest BCUT2D eigenvalue weighted by molar-refractivity contribution is -0.120. The molecule has 1 amide bonds. The first-order valence-corrected chi connectivity index (χ1v) is 5.92. The Labute approximate surface area is 110 Å². The molecule has 3 N–H and O–H groups in total.